The van der Waals surface area contributed by atoms with Gasteiger partial charge in [-0.25, -0.2) is 4.98 Å². The van der Waals surface area contributed by atoms with E-state index in [0.717, 1.165) is 54.9 Å². The predicted octanol–water partition coefficient (Wildman–Crippen LogP) is 1.78. The third-order valence-electron chi connectivity index (χ3n) is 4.83. The molecule has 0 atom stereocenters. The molecule has 28 heavy (non-hydrogen) atoms. The highest BCUT2D eigenvalue weighted by Crippen LogP contribution is 2.27. The van der Waals surface area contributed by atoms with Gasteiger partial charge in [0.25, 0.3) is 0 Å². The summed E-state index contributed by atoms with van der Waals surface area (Å²) in [5, 5.41) is 2.79. The molecule has 1 N–H and O–H groups in total. The van der Waals surface area contributed by atoms with E-state index in [1.807, 2.05) is 30.3 Å². The first-order valence-electron chi connectivity index (χ1n) is 9.61. The first-order valence-corrected chi connectivity index (χ1v) is 9.61. The van der Waals surface area contributed by atoms with E-state index in [2.05, 4.69) is 15.1 Å². The summed E-state index contributed by atoms with van der Waals surface area (Å²) in [4.78, 5) is 25.3. The van der Waals surface area contributed by atoms with Crippen molar-refractivity contribution in [1.82, 2.24) is 9.97 Å². The standard InChI is InChI=1S/C20H25N5O3/c1-15(26)21-17-4-2-16(3-5-17)18-14-19(24-6-10-27-11-7-24)23-20(22-18)25-8-12-28-13-9-25/h2-5,14H,6-13H2,1H3,(H,21,26). The van der Waals surface area contributed by atoms with Crippen LogP contribution in [0.4, 0.5) is 17.5 Å². The van der Waals surface area contributed by atoms with Crippen LogP contribution < -0.4 is 15.1 Å². The second-order valence-corrected chi connectivity index (χ2v) is 6.87. The molecule has 3 heterocycles. The van der Waals surface area contributed by atoms with E-state index in [1.165, 1.54) is 6.92 Å². The van der Waals surface area contributed by atoms with Gasteiger partial charge in [0.05, 0.1) is 32.1 Å². The number of amides is 1. The molecule has 2 aliphatic rings. The van der Waals surface area contributed by atoms with Crippen molar-refractivity contribution in [2.45, 2.75) is 6.92 Å². The molecule has 0 unspecified atom stereocenters. The highest BCUT2D eigenvalue weighted by atomic mass is 16.5. The number of benzene rings is 1. The number of morpholine rings is 2. The van der Waals surface area contributed by atoms with Gasteiger partial charge in [0, 0.05) is 50.4 Å². The number of nitrogens with zero attached hydrogens (tertiary/aromatic N) is 4. The van der Waals surface area contributed by atoms with Gasteiger partial charge in [-0.15, -0.1) is 0 Å². The van der Waals surface area contributed by atoms with Crippen LogP contribution in [0.3, 0.4) is 0 Å². The fourth-order valence-corrected chi connectivity index (χ4v) is 3.36. The van der Waals surface area contributed by atoms with Crippen molar-refractivity contribution >= 4 is 23.4 Å². The van der Waals surface area contributed by atoms with Gasteiger partial charge in [-0.05, 0) is 12.1 Å². The number of carbonyl (C=O) groups is 1. The fraction of sp³-hybridized carbons (Fsp3) is 0.450. The minimum absolute atomic E-state index is 0.0843. The molecule has 2 aromatic rings. The van der Waals surface area contributed by atoms with Gasteiger partial charge >= 0.3 is 0 Å². The lowest BCUT2D eigenvalue weighted by molar-refractivity contribution is -0.114. The number of nitrogens with one attached hydrogen (secondary N) is 1. The van der Waals surface area contributed by atoms with E-state index >= 15 is 0 Å². The SMILES string of the molecule is CC(=O)Nc1ccc(-c2cc(N3CCOCC3)nc(N3CCOCC3)n2)cc1. The Morgan fingerprint density at radius 3 is 2.14 bits per heavy atom. The summed E-state index contributed by atoms with van der Waals surface area (Å²) in [6.45, 7) is 7.50. The Hall–Kier alpha value is -2.71. The first kappa shape index (κ1) is 18.6. The molecule has 1 aromatic carbocycles. The molecule has 1 aromatic heterocycles. The second-order valence-electron chi connectivity index (χ2n) is 6.87. The van der Waals surface area contributed by atoms with Crippen LogP contribution >= 0.6 is 0 Å². The van der Waals surface area contributed by atoms with Crippen LogP contribution in [0.25, 0.3) is 11.3 Å². The Labute approximate surface area is 164 Å². The van der Waals surface area contributed by atoms with E-state index in [4.69, 9.17) is 19.4 Å². The lowest BCUT2D eigenvalue weighted by Gasteiger charge is -2.31. The lowest BCUT2D eigenvalue weighted by Crippen LogP contribution is -2.39. The maximum atomic E-state index is 11.2. The summed E-state index contributed by atoms with van der Waals surface area (Å²) in [7, 11) is 0. The Balaban J connectivity index is 1.67. The molecule has 0 saturated carbocycles. The Morgan fingerprint density at radius 2 is 1.54 bits per heavy atom. The van der Waals surface area contributed by atoms with E-state index in [1.54, 1.807) is 0 Å². The maximum absolute atomic E-state index is 11.2. The summed E-state index contributed by atoms with van der Waals surface area (Å²) in [5.41, 5.74) is 2.62. The van der Waals surface area contributed by atoms with Gasteiger partial charge in [-0.1, -0.05) is 12.1 Å². The summed E-state index contributed by atoms with van der Waals surface area (Å²) in [6.07, 6.45) is 0. The fourth-order valence-electron chi connectivity index (χ4n) is 3.36. The normalized spacial score (nSPS) is 17.5. The van der Waals surface area contributed by atoms with Gasteiger partial charge < -0.3 is 24.6 Å². The highest BCUT2D eigenvalue weighted by Gasteiger charge is 2.20. The molecule has 8 nitrogen and oxygen atoms in total. The molecule has 0 bridgehead atoms. The van der Waals surface area contributed by atoms with Crippen LogP contribution in [-0.2, 0) is 14.3 Å². The smallest absolute Gasteiger partial charge is 0.228 e. The van der Waals surface area contributed by atoms with Gasteiger partial charge in [-0.3, -0.25) is 4.79 Å². The van der Waals surface area contributed by atoms with Gasteiger partial charge in [0.1, 0.15) is 5.82 Å². The Kier molecular flexibility index (Phi) is 5.68. The number of hydrogen-bond acceptors (Lipinski definition) is 7. The van der Waals surface area contributed by atoms with Crippen LogP contribution in [-0.4, -0.2) is 68.5 Å². The molecule has 2 aliphatic heterocycles. The molecule has 148 valence electrons. The van der Waals surface area contributed by atoms with Crippen molar-refractivity contribution in [3.05, 3.63) is 30.3 Å². The zero-order chi connectivity index (χ0) is 19.3. The minimum Gasteiger partial charge on any atom is -0.378 e. The average Bonchev–Trinajstić information content (AvgIpc) is 2.75. The first-order chi connectivity index (χ1) is 13.7. The molecule has 2 fully saturated rings. The quantitative estimate of drug-likeness (QED) is 0.862. The van der Waals surface area contributed by atoms with Crippen molar-refractivity contribution < 1.29 is 14.3 Å². The highest BCUT2D eigenvalue weighted by molar-refractivity contribution is 5.89. The van der Waals surface area contributed by atoms with E-state index in [0.29, 0.717) is 26.4 Å². The van der Waals surface area contributed by atoms with Gasteiger partial charge in [-0.2, -0.15) is 4.98 Å². The molecular formula is C20H25N5O3. The van der Waals surface area contributed by atoms with Crippen LogP contribution in [0.5, 0.6) is 0 Å². The summed E-state index contributed by atoms with van der Waals surface area (Å²) < 4.78 is 10.9. The number of hydrogen-bond donors (Lipinski definition) is 1. The molecule has 1 amide bonds. The van der Waals surface area contributed by atoms with Crippen LogP contribution in [0, 0.1) is 0 Å². The number of aromatic nitrogens is 2. The third-order valence-corrected chi connectivity index (χ3v) is 4.83. The second kappa shape index (κ2) is 8.53. The zero-order valence-corrected chi connectivity index (χ0v) is 16.1. The molecule has 2 saturated heterocycles. The maximum Gasteiger partial charge on any atom is 0.228 e. The number of ether oxygens (including phenoxy) is 2. The van der Waals surface area contributed by atoms with Gasteiger partial charge in [0.15, 0.2) is 0 Å². The molecule has 4 rings (SSSR count). The van der Waals surface area contributed by atoms with E-state index < -0.39 is 0 Å². The predicted molar refractivity (Wildman–Crippen MR) is 108 cm³/mol. The van der Waals surface area contributed by atoms with Crippen molar-refractivity contribution in [2.24, 2.45) is 0 Å². The van der Waals surface area contributed by atoms with E-state index in [9.17, 15) is 4.79 Å². The minimum atomic E-state index is -0.0843. The van der Waals surface area contributed by atoms with Crippen molar-refractivity contribution in [3.63, 3.8) is 0 Å². The van der Waals surface area contributed by atoms with E-state index in [-0.39, 0.29) is 5.91 Å². The lowest BCUT2D eigenvalue weighted by atomic mass is 10.1. The molecule has 0 aliphatic carbocycles. The molecule has 0 spiro atoms. The largest absolute Gasteiger partial charge is 0.378 e. The van der Waals surface area contributed by atoms with Crippen molar-refractivity contribution in [1.29, 1.82) is 0 Å². The summed E-state index contributed by atoms with van der Waals surface area (Å²) in [5.74, 6) is 1.56. The number of anilines is 3. The number of carbonyl (C=O) groups excluding carboxylic acids is 1. The summed E-state index contributed by atoms with van der Waals surface area (Å²) >= 11 is 0. The zero-order valence-electron chi connectivity index (χ0n) is 16.1. The van der Waals surface area contributed by atoms with Crippen LogP contribution in [0.1, 0.15) is 6.92 Å². The van der Waals surface area contributed by atoms with Crippen LogP contribution in [0.2, 0.25) is 0 Å². The molecular weight excluding hydrogens is 358 g/mol. The molecule has 8 heteroatoms. The average molecular weight is 383 g/mol. The topological polar surface area (TPSA) is 79.8 Å². The third kappa shape index (κ3) is 4.40. The summed E-state index contributed by atoms with van der Waals surface area (Å²) in [6, 6.07) is 9.76. The Morgan fingerprint density at radius 1 is 0.929 bits per heavy atom. The number of rotatable bonds is 4. The van der Waals surface area contributed by atoms with Gasteiger partial charge in [0.2, 0.25) is 11.9 Å². The van der Waals surface area contributed by atoms with Crippen molar-refractivity contribution in [2.75, 3.05) is 67.7 Å². The molecule has 0 radical (unpaired) electrons. The van der Waals surface area contributed by atoms with Crippen molar-refractivity contribution in [3.8, 4) is 11.3 Å². The monoisotopic (exact) mass is 383 g/mol. The Bertz CT molecular complexity index is 779. The van der Waals surface area contributed by atoms with Crippen LogP contribution in [0.15, 0.2) is 30.3 Å².